The minimum Gasteiger partial charge on any atom is -0.466 e. The first-order valence-corrected chi connectivity index (χ1v) is 11.4. The SMILES string of the molecule is CCOP(=O)(OCC)c1cc(NC2=C(C(=O)OC)CN(CCO)C2=O)c2cc[nH]c2c1. The van der Waals surface area contributed by atoms with E-state index in [1.807, 2.05) is 0 Å². The fourth-order valence-corrected chi connectivity index (χ4v) is 5.05. The molecule has 0 saturated heterocycles. The Morgan fingerprint density at radius 3 is 2.61 bits per heavy atom. The lowest BCUT2D eigenvalue weighted by Crippen LogP contribution is -2.31. The number of amides is 1. The highest BCUT2D eigenvalue weighted by molar-refractivity contribution is 7.62. The van der Waals surface area contributed by atoms with Crippen LogP contribution in [0.5, 0.6) is 0 Å². The fraction of sp³-hybridized carbons (Fsp3) is 0.400. The number of ether oxygens (including phenoxy) is 1. The lowest BCUT2D eigenvalue weighted by atomic mass is 10.2. The zero-order chi connectivity index (χ0) is 22.6. The number of H-pyrrole nitrogens is 1. The van der Waals surface area contributed by atoms with Gasteiger partial charge < -0.3 is 34.1 Å². The van der Waals surface area contributed by atoms with Crippen LogP contribution in [-0.4, -0.2) is 66.9 Å². The number of hydrogen-bond acceptors (Lipinski definition) is 8. The predicted molar refractivity (Wildman–Crippen MR) is 115 cm³/mol. The Kier molecular flexibility index (Phi) is 7.17. The van der Waals surface area contributed by atoms with Crippen molar-refractivity contribution >= 4 is 41.4 Å². The normalized spacial score (nSPS) is 14.6. The van der Waals surface area contributed by atoms with Crippen LogP contribution in [0.1, 0.15) is 13.8 Å². The monoisotopic (exact) mass is 451 g/mol. The molecule has 168 valence electrons. The van der Waals surface area contributed by atoms with E-state index in [0.717, 1.165) is 0 Å². The Morgan fingerprint density at radius 1 is 1.29 bits per heavy atom. The van der Waals surface area contributed by atoms with Crippen LogP contribution in [0.4, 0.5) is 5.69 Å². The number of aromatic amines is 1. The van der Waals surface area contributed by atoms with Crippen molar-refractivity contribution in [2.75, 3.05) is 45.3 Å². The number of fused-ring (bicyclic) bond motifs is 1. The molecule has 2 aromatic rings. The van der Waals surface area contributed by atoms with Gasteiger partial charge in [0.25, 0.3) is 5.91 Å². The third kappa shape index (κ3) is 4.52. The number of nitrogens with one attached hydrogen (secondary N) is 2. The summed E-state index contributed by atoms with van der Waals surface area (Å²) in [5.74, 6) is -1.09. The minimum atomic E-state index is -3.60. The Labute approximate surface area is 179 Å². The number of carbonyl (C=O) groups is 2. The predicted octanol–water partition coefficient (Wildman–Crippen LogP) is 1.73. The first kappa shape index (κ1) is 23.0. The molecule has 0 spiro atoms. The van der Waals surface area contributed by atoms with E-state index in [2.05, 4.69) is 10.3 Å². The Morgan fingerprint density at radius 2 is 2.00 bits per heavy atom. The van der Waals surface area contributed by atoms with E-state index in [-0.39, 0.29) is 44.2 Å². The molecule has 1 aliphatic rings. The molecule has 0 bridgehead atoms. The molecule has 3 N–H and O–H groups in total. The first-order chi connectivity index (χ1) is 14.9. The first-order valence-electron chi connectivity index (χ1n) is 9.87. The molecule has 0 atom stereocenters. The van der Waals surface area contributed by atoms with Crippen LogP contribution in [0.15, 0.2) is 35.7 Å². The van der Waals surface area contributed by atoms with Crippen LogP contribution in [0.3, 0.4) is 0 Å². The number of aliphatic hydroxyl groups is 1. The van der Waals surface area contributed by atoms with Gasteiger partial charge in [-0.1, -0.05) is 0 Å². The Hall–Kier alpha value is -2.65. The van der Waals surface area contributed by atoms with Crippen molar-refractivity contribution < 1.29 is 33.0 Å². The van der Waals surface area contributed by atoms with Crippen LogP contribution in [0.25, 0.3) is 10.9 Å². The summed E-state index contributed by atoms with van der Waals surface area (Å²) >= 11 is 0. The lowest BCUT2D eigenvalue weighted by Gasteiger charge is -2.19. The van der Waals surface area contributed by atoms with Crippen molar-refractivity contribution in [1.29, 1.82) is 0 Å². The number of rotatable bonds is 10. The Bertz CT molecular complexity index is 1050. The van der Waals surface area contributed by atoms with Gasteiger partial charge in [-0.25, -0.2) is 4.79 Å². The van der Waals surface area contributed by atoms with Gasteiger partial charge in [0.05, 0.1) is 44.4 Å². The van der Waals surface area contributed by atoms with Gasteiger partial charge in [-0.15, -0.1) is 0 Å². The zero-order valence-electron chi connectivity index (χ0n) is 17.6. The molecule has 31 heavy (non-hydrogen) atoms. The van der Waals surface area contributed by atoms with Crippen LogP contribution in [0.2, 0.25) is 0 Å². The molecule has 1 amide bonds. The van der Waals surface area contributed by atoms with E-state index in [1.165, 1.54) is 12.0 Å². The highest BCUT2D eigenvalue weighted by Gasteiger charge is 2.35. The molecule has 0 aliphatic carbocycles. The van der Waals surface area contributed by atoms with Gasteiger partial charge in [-0.05, 0) is 32.0 Å². The second-order valence-electron chi connectivity index (χ2n) is 6.69. The van der Waals surface area contributed by atoms with E-state index >= 15 is 0 Å². The highest BCUT2D eigenvalue weighted by Crippen LogP contribution is 2.48. The van der Waals surface area contributed by atoms with Gasteiger partial charge in [-0.3, -0.25) is 9.36 Å². The second kappa shape index (κ2) is 9.65. The average molecular weight is 451 g/mol. The van der Waals surface area contributed by atoms with Gasteiger partial charge in [-0.2, -0.15) is 0 Å². The smallest absolute Gasteiger partial charge is 0.361 e. The van der Waals surface area contributed by atoms with Crippen molar-refractivity contribution in [3.8, 4) is 0 Å². The van der Waals surface area contributed by atoms with Gasteiger partial charge in [0, 0.05) is 29.3 Å². The number of aromatic nitrogens is 1. The number of anilines is 1. The summed E-state index contributed by atoms with van der Waals surface area (Å²) in [6.07, 6.45) is 1.70. The molecule has 2 heterocycles. The summed E-state index contributed by atoms with van der Waals surface area (Å²) in [5, 5.41) is 13.3. The van der Waals surface area contributed by atoms with Gasteiger partial charge in [0.1, 0.15) is 5.70 Å². The summed E-state index contributed by atoms with van der Waals surface area (Å²) < 4.78 is 29.0. The zero-order valence-corrected chi connectivity index (χ0v) is 18.5. The van der Waals surface area contributed by atoms with Crippen molar-refractivity contribution in [2.24, 2.45) is 0 Å². The maximum atomic E-state index is 13.3. The number of aliphatic hydroxyl groups excluding tert-OH is 1. The summed E-state index contributed by atoms with van der Waals surface area (Å²) in [6, 6.07) is 5.06. The lowest BCUT2D eigenvalue weighted by molar-refractivity contribution is -0.136. The molecule has 0 fully saturated rings. The largest absolute Gasteiger partial charge is 0.466 e. The third-order valence-corrected chi connectivity index (χ3v) is 6.87. The molecular weight excluding hydrogens is 425 g/mol. The summed E-state index contributed by atoms with van der Waals surface area (Å²) in [7, 11) is -2.36. The number of β-amino-alcohol motifs (C(OH)–C–C–N with tert-alkyl or cyclic N) is 1. The average Bonchev–Trinajstić information content (AvgIpc) is 3.34. The molecule has 10 nitrogen and oxygen atoms in total. The maximum Gasteiger partial charge on any atom is 0.361 e. The number of benzene rings is 1. The number of carbonyl (C=O) groups excluding carboxylic acids is 2. The van der Waals surface area contributed by atoms with Crippen molar-refractivity contribution in [3.05, 3.63) is 35.7 Å². The second-order valence-corrected chi connectivity index (χ2v) is 8.71. The summed E-state index contributed by atoms with van der Waals surface area (Å²) in [5.41, 5.74) is 1.29. The van der Waals surface area contributed by atoms with E-state index in [9.17, 15) is 19.3 Å². The van der Waals surface area contributed by atoms with Crippen LogP contribution in [0, 0.1) is 0 Å². The van der Waals surface area contributed by atoms with E-state index in [1.54, 1.807) is 38.2 Å². The molecule has 0 radical (unpaired) electrons. The summed E-state index contributed by atoms with van der Waals surface area (Å²) in [4.78, 5) is 29.5. The fourth-order valence-electron chi connectivity index (χ4n) is 3.42. The molecule has 0 unspecified atom stereocenters. The maximum absolute atomic E-state index is 13.3. The van der Waals surface area contributed by atoms with Gasteiger partial charge >= 0.3 is 13.6 Å². The highest BCUT2D eigenvalue weighted by atomic mass is 31.2. The van der Waals surface area contributed by atoms with E-state index < -0.39 is 19.5 Å². The number of methoxy groups -OCH3 is 1. The quantitative estimate of drug-likeness (QED) is 0.368. The molecular formula is C20H26N3O7P. The van der Waals surface area contributed by atoms with E-state index in [0.29, 0.717) is 21.9 Å². The van der Waals surface area contributed by atoms with E-state index in [4.69, 9.17) is 13.8 Å². The number of hydrogen-bond donors (Lipinski definition) is 3. The van der Waals surface area contributed by atoms with Gasteiger partial charge in [0.2, 0.25) is 0 Å². The third-order valence-electron chi connectivity index (χ3n) is 4.78. The van der Waals surface area contributed by atoms with Crippen LogP contribution >= 0.6 is 7.60 Å². The van der Waals surface area contributed by atoms with Crippen LogP contribution in [-0.2, 0) is 27.9 Å². The van der Waals surface area contributed by atoms with Crippen molar-refractivity contribution in [3.63, 3.8) is 0 Å². The Balaban J connectivity index is 2.09. The van der Waals surface area contributed by atoms with Crippen molar-refractivity contribution in [1.82, 2.24) is 9.88 Å². The minimum absolute atomic E-state index is 0.0146. The standard InChI is InChI=1S/C20H26N3O7P/c1-4-29-31(27,30-5-2)13-10-16-14(6-7-21-16)17(11-13)22-18-15(20(26)28-3)12-23(8-9-24)19(18)25/h6-7,10-11,21-22,24H,4-5,8-9,12H2,1-3H3. The number of nitrogens with zero attached hydrogens (tertiary/aromatic N) is 1. The van der Waals surface area contributed by atoms with Crippen LogP contribution < -0.4 is 10.6 Å². The number of esters is 1. The molecule has 11 heteroatoms. The molecule has 1 aromatic heterocycles. The molecule has 1 aliphatic heterocycles. The van der Waals surface area contributed by atoms with Crippen molar-refractivity contribution in [2.45, 2.75) is 13.8 Å². The molecule has 0 saturated carbocycles. The molecule has 3 rings (SSSR count). The topological polar surface area (TPSA) is 130 Å². The summed E-state index contributed by atoms with van der Waals surface area (Å²) in [6.45, 7) is 3.67. The van der Waals surface area contributed by atoms with Gasteiger partial charge in [0.15, 0.2) is 0 Å². The molecule has 1 aromatic carbocycles.